The Bertz CT molecular complexity index is 1660. The maximum atomic E-state index is 13.5. The van der Waals surface area contributed by atoms with Gasteiger partial charge in [-0.3, -0.25) is 10.2 Å². The lowest BCUT2D eigenvalue weighted by molar-refractivity contribution is -0.122. The third-order valence-corrected chi connectivity index (χ3v) is 7.06. The maximum Gasteiger partial charge on any atom is 0.247 e. The molecule has 0 unspecified atom stereocenters. The van der Waals surface area contributed by atoms with E-state index in [1.165, 1.54) is 0 Å². The molecule has 0 bridgehead atoms. The zero-order valence-electron chi connectivity index (χ0n) is 23.9. The van der Waals surface area contributed by atoms with E-state index >= 15 is 0 Å². The van der Waals surface area contributed by atoms with Crippen molar-refractivity contribution in [1.29, 1.82) is 5.41 Å². The van der Waals surface area contributed by atoms with E-state index < -0.39 is 6.04 Å². The largest absolute Gasteiger partial charge is 0.493 e. The highest BCUT2D eigenvalue weighted by Gasteiger charge is 2.22. The molecule has 216 valence electrons. The Kier molecular flexibility index (Phi) is 9.34. The topological polar surface area (TPSA) is 109 Å². The normalized spacial score (nSPS) is 11.3. The molecule has 5 aromatic rings. The SMILES string of the molecule is COc1cc([C@@H](Nc2ccc(C(=N)N)cc2)C(=O)NCc2ccccc2)ccc1OCc1ccc(-c2ccccc2)cc1. The molecule has 43 heavy (non-hydrogen) atoms. The summed E-state index contributed by atoms with van der Waals surface area (Å²) in [5.74, 6) is 0.880. The second-order valence-corrected chi connectivity index (χ2v) is 10.0. The minimum absolute atomic E-state index is 0.0174. The van der Waals surface area contributed by atoms with Gasteiger partial charge in [-0.1, -0.05) is 91.0 Å². The number of benzene rings is 5. The molecule has 0 heterocycles. The Morgan fingerprint density at radius 2 is 1.42 bits per heavy atom. The molecule has 0 spiro atoms. The van der Waals surface area contributed by atoms with Crippen molar-refractivity contribution in [3.05, 3.63) is 150 Å². The van der Waals surface area contributed by atoms with Gasteiger partial charge in [0.15, 0.2) is 11.5 Å². The Balaban J connectivity index is 1.33. The second kappa shape index (κ2) is 13.9. The molecular formula is C36H34N4O3. The number of ether oxygens (including phenoxy) is 2. The number of anilines is 1. The summed E-state index contributed by atoms with van der Waals surface area (Å²) >= 11 is 0. The van der Waals surface area contributed by atoms with Gasteiger partial charge in [-0.15, -0.1) is 0 Å². The molecular weight excluding hydrogens is 536 g/mol. The van der Waals surface area contributed by atoms with E-state index in [1.807, 2.05) is 66.7 Å². The number of amides is 1. The molecule has 1 atom stereocenters. The standard InChI is InChI=1S/C36H34N4O3/c1-42-33-22-30(18-21-32(33)43-24-26-12-14-28(15-13-26)27-10-6-3-7-11-27)34(36(41)39-23-25-8-4-2-5-9-25)40-31-19-16-29(17-20-31)35(37)38/h2-22,34,40H,23-24H2,1H3,(H3,37,38)(H,39,41)/t34-/m1/s1. The van der Waals surface area contributed by atoms with Crippen LogP contribution < -0.4 is 25.8 Å². The summed E-state index contributed by atoms with van der Waals surface area (Å²) in [6.07, 6.45) is 0. The van der Waals surface area contributed by atoms with E-state index in [9.17, 15) is 4.79 Å². The van der Waals surface area contributed by atoms with Crippen LogP contribution in [0.25, 0.3) is 11.1 Å². The number of nitrogens with two attached hydrogens (primary N) is 1. The number of hydrogen-bond acceptors (Lipinski definition) is 5. The highest BCUT2D eigenvalue weighted by molar-refractivity contribution is 5.95. The Labute approximate surface area is 251 Å². The molecule has 0 saturated carbocycles. The van der Waals surface area contributed by atoms with Crippen LogP contribution >= 0.6 is 0 Å². The van der Waals surface area contributed by atoms with Crippen molar-refractivity contribution >= 4 is 17.4 Å². The van der Waals surface area contributed by atoms with Crippen LogP contribution in [0.15, 0.2) is 127 Å². The third kappa shape index (κ3) is 7.59. The molecule has 1 amide bonds. The number of hydrogen-bond donors (Lipinski definition) is 4. The van der Waals surface area contributed by atoms with Crippen molar-refractivity contribution in [2.24, 2.45) is 5.73 Å². The summed E-state index contributed by atoms with van der Waals surface area (Å²) in [6.45, 7) is 0.759. The fraction of sp³-hybridized carbons (Fsp3) is 0.111. The van der Waals surface area contributed by atoms with E-state index in [-0.39, 0.29) is 11.7 Å². The number of rotatable bonds is 12. The van der Waals surface area contributed by atoms with Crippen LogP contribution in [0.3, 0.4) is 0 Å². The van der Waals surface area contributed by atoms with Gasteiger partial charge in [0.1, 0.15) is 18.5 Å². The van der Waals surface area contributed by atoms with Crippen LogP contribution in [0.5, 0.6) is 11.5 Å². The Morgan fingerprint density at radius 1 is 0.767 bits per heavy atom. The monoisotopic (exact) mass is 570 g/mol. The third-order valence-electron chi connectivity index (χ3n) is 7.06. The quantitative estimate of drug-likeness (QED) is 0.0987. The number of methoxy groups -OCH3 is 1. The van der Waals surface area contributed by atoms with Crippen molar-refractivity contribution in [1.82, 2.24) is 5.32 Å². The van der Waals surface area contributed by atoms with Crippen LogP contribution in [0.1, 0.15) is 28.3 Å². The van der Waals surface area contributed by atoms with Crippen molar-refractivity contribution in [2.45, 2.75) is 19.2 Å². The fourth-order valence-corrected chi connectivity index (χ4v) is 4.67. The summed E-state index contributed by atoms with van der Waals surface area (Å²) in [4.78, 5) is 13.5. The molecule has 7 heteroatoms. The summed E-state index contributed by atoms with van der Waals surface area (Å²) in [6, 6.07) is 40.1. The van der Waals surface area contributed by atoms with Crippen molar-refractivity contribution in [3.8, 4) is 22.6 Å². The number of carbonyl (C=O) groups excluding carboxylic acids is 1. The Morgan fingerprint density at radius 3 is 2.07 bits per heavy atom. The van der Waals surface area contributed by atoms with Crippen molar-refractivity contribution in [3.63, 3.8) is 0 Å². The molecule has 5 rings (SSSR count). The first-order valence-electron chi connectivity index (χ1n) is 14.0. The summed E-state index contributed by atoms with van der Waals surface area (Å²) in [5, 5.41) is 14.0. The lowest BCUT2D eigenvalue weighted by Gasteiger charge is -2.22. The number of carbonyl (C=O) groups is 1. The van der Waals surface area contributed by atoms with E-state index in [4.69, 9.17) is 20.6 Å². The number of amidine groups is 1. The summed E-state index contributed by atoms with van der Waals surface area (Å²) < 4.78 is 11.8. The van der Waals surface area contributed by atoms with Gasteiger partial charge in [0.25, 0.3) is 0 Å². The maximum absolute atomic E-state index is 13.5. The lowest BCUT2D eigenvalue weighted by atomic mass is 10.0. The minimum atomic E-state index is -0.722. The minimum Gasteiger partial charge on any atom is -0.493 e. The molecule has 0 fully saturated rings. The van der Waals surface area contributed by atoms with Crippen LogP contribution in [-0.2, 0) is 17.9 Å². The average molecular weight is 571 g/mol. The van der Waals surface area contributed by atoms with Gasteiger partial charge < -0.3 is 25.8 Å². The van der Waals surface area contributed by atoms with Gasteiger partial charge in [0, 0.05) is 17.8 Å². The predicted molar refractivity (Wildman–Crippen MR) is 171 cm³/mol. The highest BCUT2D eigenvalue weighted by Crippen LogP contribution is 2.33. The molecule has 0 aliphatic heterocycles. The van der Waals surface area contributed by atoms with Crippen LogP contribution in [0.2, 0.25) is 0 Å². The zero-order valence-corrected chi connectivity index (χ0v) is 23.9. The van der Waals surface area contributed by atoms with E-state index in [0.717, 1.165) is 22.3 Å². The smallest absolute Gasteiger partial charge is 0.247 e. The van der Waals surface area contributed by atoms with Gasteiger partial charge in [-0.25, -0.2) is 0 Å². The average Bonchev–Trinajstić information content (AvgIpc) is 3.06. The number of nitrogen functional groups attached to an aromatic ring is 1. The van der Waals surface area contributed by atoms with Gasteiger partial charge in [0.05, 0.1) is 7.11 Å². The number of nitrogens with one attached hydrogen (secondary N) is 3. The van der Waals surface area contributed by atoms with Gasteiger partial charge in [-0.2, -0.15) is 0 Å². The fourth-order valence-electron chi connectivity index (χ4n) is 4.67. The van der Waals surface area contributed by atoms with Crippen LogP contribution in [-0.4, -0.2) is 18.9 Å². The molecule has 5 N–H and O–H groups in total. The van der Waals surface area contributed by atoms with Crippen LogP contribution in [0, 0.1) is 5.41 Å². The van der Waals surface area contributed by atoms with E-state index in [0.29, 0.717) is 41.5 Å². The first-order valence-corrected chi connectivity index (χ1v) is 14.0. The predicted octanol–water partition coefficient (Wildman–Crippen LogP) is 6.69. The van der Waals surface area contributed by atoms with Crippen molar-refractivity contribution < 1.29 is 14.3 Å². The molecule has 0 aliphatic rings. The molecule has 0 saturated heterocycles. The molecule has 0 aromatic heterocycles. The molecule has 0 radical (unpaired) electrons. The van der Waals surface area contributed by atoms with E-state index in [2.05, 4.69) is 47.0 Å². The Hall–Kier alpha value is -5.56. The molecule has 5 aromatic carbocycles. The highest BCUT2D eigenvalue weighted by atomic mass is 16.5. The van der Waals surface area contributed by atoms with Gasteiger partial charge in [-0.05, 0) is 64.2 Å². The van der Waals surface area contributed by atoms with Gasteiger partial charge in [0.2, 0.25) is 5.91 Å². The summed E-state index contributed by atoms with van der Waals surface area (Å²) in [7, 11) is 1.58. The van der Waals surface area contributed by atoms with E-state index in [1.54, 1.807) is 31.4 Å². The first kappa shape index (κ1) is 29.0. The lowest BCUT2D eigenvalue weighted by Crippen LogP contribution is -2.33. The van der Waals surface area contributed by atoms with Gasteiger partial charge >= 0.3 is 0 Å². The molecule has 0 aliphatic carbocycles. The van der Waals surface area contributed by atoms with Crippen molar-refractivity contribution in [2.75, 3.05) is 12.4 Å². The first-order chi connectivity index (χ1) is 21.0. The molecule has 7 nitrogen and oxygen atoms in total. The second-order valence-electron chi connectivity index (χ2n) is 10.0. The summed E-state index contributed by atoms with van der Waals surface area (Å²) in [5.41, 5.74) is 12.0. The van der Waals surface area contributed by atoms with Crippen LogP contribution in [0.4, 0.5) is 5.69 Å². The zero-order chi connectivity index (χ0) is 30.0.